The summed E-state index contributed by atoms with van der Waals surface area (Å²) >= 11 is 0. The zero-order valence-electron chi connectivity index (χ0n) is 11.8. The molecule has 1 aromatic rings. The molecule has 1 saturated carbocycles. The SMILES string of the molecule is CC(C)NCC1CCC1N(C)Cc1ccncc1. The third-order valence-corrected chi connectivity index (χ3v) is 3.91. The van der Waals surface area contributed by atoms with Crippen LogP contribution in [-0.4, -0.2) is 35.6 Å². The molecular formula is C15H25N3. The maximum absolute atomic E-state index is 4.07. The number of aromatic nitrogens is 1. The predicted octanol–water partition coefficient (Wildman–Crippen LogP) is 2.29. The summed E-state index contributed by atoms with van der Waals surface area (Å²) in [5.41, 5.74) is 1.36. The zero-order chi connectivity index (χ0) is 13.0. The van der Waals surface area contributed by atoms with Crippen LogP contribution in [0.25, 0.3) is 0 Å². The van der Waals surface area contributed by atoms with Crippen molar-refractivity contribution in [2.45, 2.75) is 45.3 Å². The molecule has 1 aliphatic rings. The van der Waals surface area contributed by atoms with Crippen LogP contribution >= 0.6 is 0 Å². The van der Waals surface area contributed by atoms with Crippen molar-refractivity contribution in [1.29, 1.82) is 0 Å². The van der Waals surface area contributed by atoms with Gasteiger partial charge < -0.3 is 5.32 Å². The molecule has 0 spiro atoms. The van der Waals surface area contributed by atoms with Crippen molar-refractivity contribution in [2.24, 2.45) is 5.92 Å². The van der Waals surface area contributed by atoms with E-state index in [1.54, 1.807) is 0 Å². The lowest BCUT2D eigenvalue weighted by Crippen LogP contribution is -2.49. The minimum atomic E-state index is 0.594. The zero-order valence-corrected chi connectivity index (χ0v) is 11.8. The van der Waals surface area contributed by atoms with Crippen molar-refractivity contribution >= 4 is 0 Å². The molecule has 1 aromatic heterocycles. The van der Waals surface area contributed by atoms with Gasteiger partial charge in [0.2, 0.25) is 0 Å². The van der Waals surface area contributed by atoms with Gasteiger partial charge in [0.1, 0.15) is 0 Å². The number of nitrogens with one attached hydrogen (secondary N) is 1. The van der Waals surface area contributed by atoms with Crippen LogP contribution in [0.2, 0.25) is 0 Å². The van der Waals surface area contributed by atoms with E-state index in [9.17, 15) is 0 Å². The molecule has 2 atom stereocenters. The summed E-state index contributed by atoms with van der Waals surface area (Å²) in [6.07, 6.45) is 6.46. The van der Waals surface area contributed by atoms with Crippen LogP contribution in [0.5, 0.6) is 0 Å². The van der Waals surface area contributed by atoms with Crippen molar-refractivity contribution in [3.8, 4) is 0 Å². The van der Waals surface area contributed by atoms with E-state index in [0.29, 0.717) is 6.04 Å². The standard InChI is InChI=1S/C15H25N3/c1-12(2)17-10-14-4-5-15(14)18(3)11-13-6-8-16-9-7-13/h6-9,12,14-15,17H,4-5,10-11H2,1-3H3. The summed E-state index contributed by atoms with van der Waals surface area (Å²) in [7, 11) is 2.24. The van der Waals surface area contributed by atoms with Crippen molar-refractivity contribution in [3.05, 3.63) is 30.1 Å². The molecule has 0 radical (unpaired) electrons. The summed E-state index contributed by atoms with van der Waals surface area (Å²) in [6, 6.07) is 5.55. The highest BCUT2D eigenvalue weighted by molar-refractivity contribution is 5.09. The number of rotatable bonds is 6. The predicted molar refractivity (Wildman–Crippen MR) is 75.4 cm³/mol. The summed E-state index contributed by atoms with van der Waals surface area (Å²) in [4.78, 5) is 6.56. The summed E-state index contributed by atoms with van der Waals surface area (Å²) in [5.74, 6) is 0.819. The normalized spacial score (nSPS) is 23.4. The topological polar surface area (TPSA) is 28.2 Å². The van der Waals surface area contributed by atoms with Crippen LogP contribution in [0.3, 0.4) is 0 Å². The maximum Gasteiger partial charge on any atom is 0.0271 e. The van der Waals surface area contributed by atoms with Gasteiger partial charge in [0.05, 0.1) is 0 Å². The lowest BCUT2D eigenvalue weighted by Gasteiger charge is -2.43. The highest BCUT2D eigenvalue weighted by Gasteiger charge is 2.33. The van der Waals surface area contributed by atoms with Crippen LogP contribution in [0, 0.1) is 5.92 Å². The number of hydrogen-bond donors (Lipinski definition) is 1. The second kappa shape index (κ2) is 6.30. The first-order valence-corrected chi connectivity index (χ1v) is 6.99. The first-order chi connectivity index (χ1) is 8.66. The fourth-order valence-electron chi connectivity index (χ4n) is 2.65. The van der Waals surface area contributed by atoms with Crippen LogP contribution in [0.4, 0.5) is 0 Å². The van der Waals surface area contributed by atoms with Crippen molar-refractivity contribution < 1.29 is 0 Å². The minimum Gasteiger partial charge on any atom is -0.314 e. The maximum atomic E-state index is 4.07. The van der Waals surface area contributed by atoms with E-state index < -0.39 is 0 Å². The van der Waals surface area contributed by atoms with Gasteiger partial charge in [-0.1, -0.05) is 13.8 Å². The number of pyridine rings is 1. The Morgan fingerprint density at radius 3 is 2.61 bits per heavy atom. The molecule has 3 heteroatoms. The van der Waals surface area contributed by atoms with Gasteiger partial charge in [0.25, 0.3) is 0 Å². The van der Waals surface area contributed by atoms with Gasteiger partial charge in [-0.25, -0.2) is 0 Å². The van der Waals surface area contributed by atoms with Gasteiger partial charge in [0.15, 0.2) is 0 Å². The molecule has 2 rings (SSSR count). The third kappa shape index (κ3) is 3.53. The lowest BCUT2D eigenvalue weighted by molar-refractivity contribution is 0.0768. The lowest BCUT2D eigenvalue weighted by atomic mass is 9.78. The van der Waals surface area contributed by atoms with E-state index in [2.05, 4.69) is 48.2 Å². The average Bonchev–Trinajstić information content (AvgIpc) is 2.28. The minimum absolute atomic E-state index is 0.594. The van der Waals surface area contributed by atoms with Crippen LogP contribution < -0.4 is 5.32 Å². The summed E-state index contributed by atoms with van der Waals surface area (Å²) in [6.45, 7) is 6.62. The Kier molecular flexibility index (Phi) is 4.72. The third-order valence-electron chi connectivity index (χ3n) is 3.91. The molecule has 1 fully saturated rings. The van der Waals surface area contributed by atoms with Crippen LogP contribution in [0.1, 0.15) is 32.3 Å². The highest BCUT2D eigenvalue weighted by Crippen LogP contribution is 2.31. The van der Waals surface area contributed by atoms with Gasteiger partial charge in [-0.2, -0.15) is 0 Å². The highest BCUT2D eigenvalue weighted by atomic mass is 15.1. The Bertz CT molecular complexity index is 350. The molecule has 3 nitrogen and oxygen atoms in total. The van der Waals surface area contributed by atoms with E-state index in [4.69, 9.17) is 0 Å². The average molecular weight is 247 g/mol. The Labute approximate surface area is 111 Å². The Balaban J connectivity index is 1.80. The van der Waals surface area contributed by atoms with Gasteiger partial charge in [-0.3, -0.25) is 9.88 Å². The van der Waals surface area contributed by atoms with E-state index in [0.717, 1.165) is 25.0 Å². The van der Waals surface area contributed by atoms with Crippen molar-refractivity contribution in [3.63, 3.8) is 0 Å². The van der Waals surface area contributed by atoms with Crippen LogP contribution in [-0.2, 0) is 6.54 Å². The monoisotopic (exact) mass is 247 g/mol. The van der Waals surface area contributed by atoms with Crippen molar-refractivity contribution in [1.82, 2.24) is 15.2 Å². The molecule has 1 N–H and O–H groups in total. The Hall–Kier alpha value is -0.930. The molecule has 0 amide bonds. The van der Waals surface area contributed by atoms with E-state index >= 15 is 0 Å². The largest absolute Gasteiger partial charge is 0.314 e. The first-order valence-electron chi connectivity index (χ1n) is 6.99. The van der Waals surface area contributed by atoms with Gasteiger partial charge in [0, 0.05) is 31.0 Å². The number of hydrogen-bond acceptors (Lipinski definition) is 3. The summed E-state index contributed by atoms with van der Waals surface area (Å²) < 4.78 is 0. The molecule has 0 saturated heterocycles. The molecule has 2 unspecified atom stereocenters. The Morgan fingerprint density at radius 2 is 2.06 bits per heavy atom. The molecule has 18 heavy (non-hydrogen) atoms. The molecule has 1 aliphatic carbocycles. The van der Waals surface area contributed by atoms with Gasteiger partial charge in [-0.05, 0) is 50.0 Å². The van der Waals surface area contributed by atoms with Gasteiger partial charge >= 0.3 is 0 Å². The summed E-state index contributed by atoms with van der Waals surface area (Å²) in [5, 5.41) is 3.56. The smallest absolute Gasteiger partial charge is 0.0271 e. The fraction of sp³-hybridized carbons (Fsp3) is 0.667. The van der Waals surface area contributed by atoms with Crippen molar-refractivity contribution in [2.75, 3.05) is 13.6 Å². The van der Waals surface area contributed by atoms with Gasteiger partial charge in [-0.15, -0.1) is 0 Å². The molecular weight excluding hydrogens is 222 g/mol. The Morgan fingerprint density at radius 1 is 1.33 bits per heavy atom. The molecule has 0 aromatic carbocycles. The second-order valence-corrected chi connectivity index (χ2v) is 5.74. The van der Waals surface area contributed by atoms with E-state index in [1.807, 2.05) is 12.4 Å². The second-order valence-electron chi connectivity index (χ2n) is 5.74. The first kappa shape index (κ1) is 13.5. The molecule has 0 bridgehead atoms. The van der Waals surface area contributed by atoms with E-state index in [1.165, 1.54) is 18.4 Å². The fourth-order valence-corrected chi connectivity index (χ4v) is 2.65. The quantitative estimate of drug-likeness (QED) is 0.836. The molecule has 1 heterocycles. The van der Waals surface area contributed by atoms with Crippen LogP contribution in [0.15, 0.2) is 24.5 Å². The molecule has 100 valence electrons. The van der Waals surface area contributed by atoms with E-state index in [-0.39, 0.29) is 0 Å². The number of nitrogens with zero attached hydrogens (tertiary/aromatic N) is 2. The molecule has 0 aliphatic heterocycles.